The third kappa shape index (κ3) is 255. The van der Waals surface area contributed by atoms with E-state index in [4.69, 9.17) is 0 Å². The maximum absolute atomic E-state index is 9.47. The normalized spacial score (nSPS) is 11.9. The lowest BCUT2D eigenvalue weighted by atomic mass is 10.8. The molecule has 0 amide bonds. The zero-order valence-corrected chi connectivity index (χ0v) is 13.2. The SMILES string of the molecule is CCP(=O)([O-])[O-].C[N+](C)(C)C.C[N+](C)(C)C. The maximum atomic E-state index is 9.47. The van der Waals surface area contributed by atoms with Crippen LogP contribution in [0.15, 0.2) is 0 Å². The third-order valence-electron chi connectivity index (χ3n) is 0.387. The van der Waals surface area contributed by atoms with E-state index < -0.39 is 7.60 Å². The molecule has 0 radical (unpaired) electrons. The predicted molar refractivity (Wildman–Crippen MR) is 66.1 cm³/mol. The van der Waals surface area contributed by atoms with Crippen molar-refractivity contribution in [1.29, 1.82) is 0 Å². The summed E-state index contributed by atoms with van der Waals surface area (Å²) in [4.78, 5) is 18.9. The van der Waals surface area contributed by atoms with Gasteiger partial charge in [-0.25, -0.2) is 0 Å². The van der Waals surface area contributed by atoms with Crippen LogP contribution in [0.3, 0.4) is 0 Å². The summed E-state index contributed by atoms with van der Waals surface area (Å²) in [6, 6.07) is 0. The van der Waals surface area contributed by atoms with E-state index in [0.29, 0.717) is 0 Å². The molecule has 0 saturated carbocycles. The van der Waals surface area contributed by atoms with Crippen LogP contribution in [0.4, 0.5) is 0 Å². The number of nitrogens with zero attached hydrogens (tertiary/aromatic N) is 2. The Kier molecular flexibility index (Phi) is 11.0. The van der Waals surface area contributed by atoms with Gasteiger partial charge >= 0.3 is 0 Å². The maximum Gasteiger partial charge on any atom is 0.0675 e. The highest BCUT2D eigenvalue weighted by Gasteiger charge is 1.88. The van der Waals surface area contributed by atoms with Gasteiger partial charge in [0.05, 0.1) is 56.4 Å². The highest BCUT2D eigenvalue weighted by molar-refractivity contribution is 7.48. The summed E-state index contributed by atoms with van der Waals surface area (Å²) in [5.41, 5.74) is 0. The number of hydrogen-bond donors (Lipinski definition) is 0. The van der Waals surface area contributed by atoms with Crippen molar-refractivity contribution in [2.75, 3.05) is 62.5 Å². The Morgan fingerprint density at radius 1 is 0.812 bits per heavy atom. The van der Waals surface area contributed by atoms with Crippen LogP contribution in [-0.4, -0.2) is 71.5 Å². The summed E-state index contributed by atoms with van der Waals surface area (Å²) >= 11 is 0. The molecule has 102 valence electrons. The van der Waals surface area contributed by atoms with E-state index in [0.717, 1.165) is 8.97 Å². The minimum absolute atomic E-state index is 0.285. The average molecular weight is 256 g/mol. The van der Waals surface area contributed by atoms with Crippen molar-refractivity contribution in [3.63, 3.8) is 0 Å². The Labute approximate surface area is 101 Å². The van der Waals surface area contributed by atoms with E-state index in [1.165, 1.54) is 6.92 Å². The second-order valence-electron chi connectivity index (χ2n) is 6.29. The van der Waals surface area contributed by atoms with Crippen LogP contribution < -0.4 is 9.79 Å². The zero-order chi connectivity index (χ0) is 14.2. The van der Waals surface area contributed by atoms with E-state index in [9.17, 15) is 14.4 Å². The average Bonchev–Trinajstić information content (AvgIpc) is 1.77. The van der Waals surface area contributed by atoms with Gasteiger partial charge in [0.15, 0.2) is 0 Å². The molecule has 6 heteroatoms. The molecule has 0 saturated heterocycles. The topological polar surface area (TPSA) is 63.2 Å². The first-order valence-electron chi connectivity index (χ1n) is 5.15. The summed E-state index contributed by atoms with van der Waals surface area (Å²) in [6.45, 7) is 1.32. The molecule has 5 nitrogen and oxygen atoms in total. The molecule has 0 aromatic carbocycles. The number of quaternary nitrogens is 2. The first kappa shape index (κ1) is 21.4. The molecule has 0 fully saturated rings. The molecule has 0 unspecified atom stereocenters. The zero-order valence-electron chi connectivity index (χ0n) is 12.3. The van der Waals surface area contributed by atoms with E-state index in [1.54, 1.807) is 0 Å². The van der Waals surface area contributed by atoms with Crippen LogP contribution in [0.2, 0.25) is 0 Å². The van der Waals surface area contributed by atoms with Crippen LogP contribution in [0.25, 0.3) is 0 Å². The summed E-state index contributed by atoms with van der Waals surface area (Å²) in [7, 11) is 12.9. The van der Waals surface area contributed by atoms with Gasteiger partial charge in [-0.1, -0.05) is 14.5 Å². The van der Waals surface area contributed by atoms with Gasteiger partial charge in [0.2, 0.25) is 0 Å². The molecule has 0 heterocycles. The largest absolute Gasteiger partial charge is 0.811 e. The lowest BCUT2D eigenvalue weighted by molar-refractivity contribution is -0.849. The molecule has 0 rings (SSSR count). The van der Waals surface area contributed by atoms with Crippen LogP contribution in [0.1, 0.15) is 6.92 Å². The smallest absolute Gasteiger partial charge is 0.0675 e. The molecule has 0 spiro atoms. The quantitative estimate of drug-likeness (QED) is 0.472. The second kappa shape index (κ2) is 8.20. The Hall–Kier alpha value is 0.0700. The fourth-order valence-corrected chi connectivity index (χ4v) is 0. The van der Waals surface area contributed by atoms with Crippen molar-refractivity contribution in [3.05, 3.63) is 0 Å². The Balaban J connectivity index is -0.000000160. The molecular weight excluding hydrogens is 227 g/mol. The van der Waals surface area contributed by atoms with Gasteiger partial charge < -0.3 is 23.3 Å². The van der Waals surface area contributed by atoms with E-state index in [2.05, 4.69) is 56.4 Å². The van der Waals surface area contributed by atoms with Crippen molar-refractivity contribution in [3.8, 4) is 0 Å². The van der Waals surface area contributed by atoms with Crippen molar-refractivity contribution in [1.82, 2.24) is 0 Å². The molecule has 0 aliphatic heterocycles. The van der Waals surface area contributed by atoms with Gasteiger partial charge in [-0.15, -0.1) is 0 Å². The number of hydrogen-bond acceptors (Lipinski definition) is 3. The number of rotatable bonds is 1. The molecular formula is C10H29N2O3P. The van der Waals surface area contributed by atoms with Crippen molar-refractivity contribution in [2.24, 2.45) is 0 Å². The predicted octanol–water partition coefficient (Wildman–Crippen LogP) is -0.435. The van der Waals surface area contributed by atoms with Gasteiger partial charge in [-0.05, 0) is 6.16 Å². The Morgan fingerprint density at radius 2 is 0.875 bits per heavy atom. The summed E-state index contributed by atoms with van der Waals surface area (Å²) in [5.74, 6) is 0. The summed E-state index contributed by atoms with van der Waals surface area (Å²) in [6.07, 6.45) is -0.285. The van der Waals surface area contributed by atoms with Crippen molar-refractivity contribution < 1.29 is 23.3 Å². The van der Waals surface area contributed by atoms with Crippen LogP contribution in [0.5, 0.6) is 0 Å². The van der Waals surface area contributed by atoms with Gasteiger partial charge in [-0.2, -0.15) is 0 Å². The monoisotopic (exact) mass is 256 g/mol. The molecule has 0 aliphatic carbocycles. The van der Waals surface area contributed by atoms with Gasteiger partial charge in [0.1, 0.15) is 0 Å². The second-order valence-corrected chi connectivity index (χ2v) is 8.15. The lowest BCUT2D eigenvalue weighted by Crippen LogP contribution is -2.27. The fraction of sp³-hybridized carbons (Fsp3) is 1.00. The Bertz CT molecular complexity index is 177. The summed E-state index contributed by atoms with van der Waals surface area (Å²) < 4.78 is 11.5. The van der Waals surface area contributed by atoms with E-state index in [1.807, 2.05) is 0 Å². The third-order valence-corrected chi connectivity index (χ3v) is 1.16. The highest BCUT2D eigenvalue weighted by atomic mass is 31.2. The Morgan fingerprint density at radius 3 is 0.875 bits per heavy atom. The molecule has 0 N–H and O–H groups in total. The molecule has 0 aromatic rings. The van der Waals surface area contributed by atoms with Crippen molar-refractivity contribution in [2.45, 2.75) is 6.92 Å². The molecule has 0 aromatic heterocycles. The van der Waals surface area contributed by atoms with Gasteiger partial charge in [0, 0.05) is 0 Å². The standard InChI is InChI=1S/2C4H12N.C2H7O3P/c2*1-5(2,3)4;1-2-6(3,4)5/h2*1-4H3;2H2,1H3,(H2,3,4,5)/q2*+1;/p-2. The molecule has 0 atom stereocenters. The van der Waals surface area contributed by atoms with Crippen LogP contribution in [0, 0.1) is 0 Å². The fourth-order valence-electron chi connectivity index (χ4n) is 0. The first-order chi connectivity index (χ1) is 6.56. The lowest BCUT2D eigenvalue weighted by Gasteiger charge is -2.26. The first-order valence-corrected chi connectivity index (χ1v) is 6.88. The minimum Gasteiger partial charge on any atom is -0.811 e. The van der Waals surface area contributed by atoms with Crippen LogP contribution in [-0.2, 0) is 4.57 Å². The van der Waals surface area contributed by atoms with Crippen molar-refractivity contribution >= 4 is 7.60 Å². The van der Waals surface area contributed by atoms with Gasteiger partial charge in [0.25, 0.3) is 0 Å². The summed E-state index contributed by atoms with van der Waals surface area (Å²) in [5, 5.41) is 0. The highest BCUT2D eigenvalue weighted by Crippen LogP contribution is 2.19. The molecule has 0 aliphatic rings. The minimum atomic E-state index is -4.15. The van der Waals surface area contributed by atoms with Gasteiger partial charge in [-0.3, -0.25) is 0 Å². The van der Waals surface area contributed by atoms with E-state index in [-0.39, 0.29) is 6.16 Å². The van der Waals surface area contributed by atoms with E-state index >= 15 is 0 Å². The molecule has 16 heavy (non-hydrogen) atoms. The van der Waals surface area contributed by atoms with Crippen LogP contribution >= 0.6 is 7.60 Å². The molecule has 0 bridgehead atoms.